The second kappa shape index (κ2) is 4.11. The van der Waals surface area contributed by atoms with Crippen molar-refractivity contribution in [1.29, 1.82) is 0 Å². The van der Waals surface area contributed by atoms with Gasteiger partial charge in [0.25, 0.3) is 5.91 Å². The van der Waals surface area contributed by atoms with Crippen LogP contribution in [0.15, 0.2) is 11.4 Å². The Morgan fingerprint density at radius 2 is 2.21 bits per heavy atom. The summed E-state index contributed by atoms with van der Waals surface area (Å²) in [7, 11) is 0. The van der Waals surface area contributed by atoms with Crippen LogP contribution >= 0.6 is 11.3 Å². The van der Waals surface area contributed by atoms with Gasteiger partial charge in [0.15, 0.2) is 0 Å². The zero-order chi connectivity index (χ0) is 9.97. The van der Waals surface area contributed by atoms with Gasteiger partial charge in [-0.2, -0.15) is 0 Å². The molecule has 1 aliphatic heterocycles. The molecule has 1 aliphatic rings. The van der Waals surface area contributed by atoms with Crippen molar-refractivity contribution in [3.8, 4) is 0 Å². The lowest BCUT2D eigenvalue weighted by atomic mass is 10.3. The molecule has 3 nitrogen and oxygen atoms in total. The van der Waals surface area contributed by atoms with Gasteiger partial charge in [-0.15, -0.1) is 11.3 Å². The molecule has 0 radical (unpaired) electrons. The van der Waals surface area contributed by atoms with Crippen LogP contribution in [0.3, 0.4) is 0 Å². The Hall–Kier alpha value is -0.870. The number of hydrogen-bond acceptors (Lipinski definition) is 3. The zero-order valence-corrected chi connectivity index (χ0v) is 8.85. The van der Waals surface area contributed by atoms with Gasteiger partial charge in [0.1, 0.15) is 0 Å². The number of amides is 1. The summed E-state index contributed by atoms with van der Waals surface area (Å²) in [5.41, 5.74) is 6.55. The number of thiophene rings is 1. The van der Waals surface area contributed by atoms with Gasteiger partial charge in [-0.25, -0.2) is 0 Å². The number of likely N-dealkylation sites (tertiary alicyclic amines) is 1. The predicted molar refractivity (Wildman–Crippen MR) is 57.3 cm³/mol. The molecule has 0 atom stereocenters. The Bertz CT molecular complexity index is 329. The van der Waals surface area contributed by atoms with Crippen LogP contribution in [0.25, 0.3) is 0 Å². The van der Waals surface area contributed by atoms with E-state index in [1.165, 1.54) is 11.3 Å². The van der Waals surface area contributed by atoms with Crippen molar-refractivity contribution < 1.29 is 4.79 Å². The molecule has 1 fully saturated rings. The van der Waals surface area contributed by atoms with Crippen LogP contribution < -0.4 is 5.73 Å². The van der Waals surface area contributed by atoms with Crippen LogP contribution in [0.5, 0.6) is 0 Å². The van der Waals surface area contributed by atoms with Crippen molar-refractivity contribution in [3.05, 3.63) is 21.9 Å². The second-order valence-corrected chi connectivity index (χ2v) is 4.43. The van der Waals surface area contributed by atoms with Gasteiger partial charge in [-0.3, -0.25) is 4.79 Å². The first-order chi connectivity index (χ1) is 6.81. The number of nitrogens with two attached hydrogens (primary N) is 1. The van der Waals surface area contributed by atoms with Crippen LogP contribution in [0.1, 0.15) is 28.1 Å². The molecule has 0 aromatic carbocycles. The fourth-order valence-electron chi connectivity index (χ4n) is 1.67. The van der Waals surface area contributed by atoms with Crippen molar-refractivity contribution in [2.45, 2.75) is 19.4 Å². The Labute approximate surface area is 87.5 Å². The fourth-order valence-corrected chi connectivity index (χ4v) is 2.56. The average molecular weight is 210 g/mol. The van der Waals surface area contributed by atoms with E-state index in [9.17, 15) is 4.79 Å². The molecule has 1 aromatic rings. The van der Waals surface area contributed by atoms with Crippen LogP contribution in [-0.4, -0.2) is 23.9 Å². The topological polar surface area (TPSA) is 46.3 Å². The van der Waals surface area contributed by atoms with Gasteiger partial charge in [-0.05, 0) is 29.9 Å². The minimum atomic E-state index is 0.173. The molecular weight excluding hydrogens is 196 g/mol. The van der Waals surface area contributed by atoms with Crippen molar-refractivity contribution in [1.82, 2.24) is 4.90 Å². The highest BCUT2D eigenvalue weighted by Gasteiger charge is 2.20. The minimum Gasteiger partial charge on any atom is -0.338 e. The predicted octanol–water partition coefficient (Wildman–Crippen LogP) is 1.44. The number of nitrogens with zero attached hydrogens (tertiary/aromatic N) is 1. The van der Waals surface area contributed by atoms with Gasteiger partial charge in [0.05, 0.1) is 4.88 Å². The molecule has 4 heteroatoms. The first-order valence-electron chi connectivity index (χ1n) is 4.88. The Morgan fingerprint density at radius 1 is 1.50 bits per heavy atom. The molecule has 0 bridgehead atoms. The maximum Gasteiger partial charge on any atom is 0.263 e. The van der Waals surface area contributed by atoms with E-state index in [4.69, 9.17) is 5.73 Å². The SMILES string of the molecule is NCc1csc(C(=O)N2CCCC2)c1. The van der Waals surface area contributed by atoms with Crippen LogP contribution in [-0.2, 0) is 6.54 Å². The van der Waals surface area contributed by atoms with E-state index in [0.29, 0.717) is 6.54 Å². The van der Waals surface area contributed by atoms with Crippen molar-refractivity contribution >= 4 is 17.2 Å². The fraction of sp³-hybridized carbons (Fsp3) is 0.500. The van der Waals surface area contributed by atoms with Gasteiger partial charge in [0.2, 0.25) is 0 Å². The zero-order valence-electron chi connectivity index (χ0n) is 8.03. The van der Waals surface area contributed by atoms with Crippen LogP contribution in [0.2, 0.25) is 0 Å². The van der Waals surface area contributed by atoms with Gasteiger partial charge < -0.3 is 10.6 Å². The molecule has 0 spiro atoms. The van der Waals surface area contributed by atoms with Crippen molar-refractivity contribution in [3.63, 3.8) is 0 Å². The summed E-state index contributed by atoms with van der Waals surface area (Å²) >= 11 is 1.50. The van der Waals surface area contributed by atoms with E-state index >= 15 is 0 Å². The van der Waals surface area contributed by atoms with Crippen molar-refractivity contribution in [2.75, 3.05) is 13.1 Å². The summed E-state index contributed by atoms with van der Waals surface area (Å²) < 4.78 is 0. The number of carbonyl (C=O) groups excluding carboxylic acids is 1. The maximum absolute atomic E-state index is 11.9. The summed E-state index contributed by atoms with van der Waals surface area (Å²) in [6, 6.07) is 1.91. The summed E-state index contributed by atoms with van der Waals surface area (Å²) in [5, 5.41) is 1.96. The maximum atomic E-state index is 11.9. The van der Waals surface area contributed by atoms with Crippen molar-refractivity contribution in [2.24, 2.45) is 5.73 Å². The molecule has 2 rings (SSSR count). The highest BCUT2D eigenvalue weighted by atomic mass is 32.1. The minimum absolute atomic E-state index is 0.173. The Balaban J connectivity index is 2.09. The molecule has 1 saturated heterocycles. The van der Waals surface area contributed by atoms with Gasteiger partial charge >= 0.3 is 0 Å². The third kappa shape index (κ3) is 1.81. The monoisotopic (exact) mass is 210 g/mol. The molecule has 0 saturated carbocycles. The molecule has 0 aliphatic carbocycles. The standard InChI is InChI=1S/C10H14N2OS/c11-6-8-5-9(14-7-8)10(13)12-3-1-2-4-12/h5,7H,1-4,6,11H2. The number of hydrogen-bond donors (Lipinski definition) is 1. The number of rotatable bonds is 2. The van der Waals surface area contributed by atoms with Crippen LogP contribution in [0, 0.1) is 0 Å². The summed E-state index contributed by atoms with van der Waals surface area (Å²) in [6.07, 6.45) is 2.28. The lowest BCUT2D eigenvalue weighted by Gasteiger charge is -2.13. The molecular formula is C10H14N2OS. The first kappa shape index (κ1) is 9.68. The second-order valence-electron chi connectivity index (χ2n) is 3.52. The molecule has 2 N–H and O–H groups in total. The number of carbonyl (C=O) groups is 1. The molecule has 1 amide bonds. The first-order valence-corrected chi connectivity index (χ1v) is 5.76. The van der Waals surface area contributed by atoms with E-state index in [1.807, 2.05) is 16.3 Å². The highest BCUT2D eigenvalue weighted by Crippen LogP contribution is 2.19. The molecule has 76 valence electrons. The van der Waals surface area contributed by atoms with E-state index < -0.39 is 0 Å². The van der Waals surface area contributed by atoms with E-state index in [-0.39, 0.29) is 5.91 Å². The third-order valence-corrected chi connectivity index (χ3v) is 3.46. The quantitative estimate of drug-likeness (QED) is 0.803. The molecule has 1 aromatic heterocycles. The molecule has 0 unspecified atom stereocenters. The summed E-state index contributed by atoms with van der Waals surface area (Å²) in [6.45, 7) is 2.34. The van der Waals surface area contributed by atoms with Gasteiger partial charge in [0, 0.05) is 19.6 Å². The largest absolute Gasteiger partial charge is 0.338 e. The Kier molecular flexibility index (Phi) is 2.84. The van der Waals surface area contributed by atoms with E-state index in [1.54, 1.807) is 0 Å². The smallest absolute Gasteiger partial charge is 0.263 e. The Morgan fingerprint density at radius 3 is 2.79 bits per heavy atom. The average Bonchev–Trinajstić information content (AvgIpc) is 2.88. The van der Waals surface area contributed by atoms with Crippen LogP contribution in [0.4, 0.5) is 0 Å². The summed E-state index contributed by atoms with van der Waals surface area (Å²) in [5.74, 6) is 0.173. The third-order valence-electron chi connectivity index (χ3n) is 2.49. The lowest BCUT2D eigenvalue weighted by molar-refractivity contribution is 0.0797. The molecule has 14 heavy (non-hydrogen) atoms. The van der Waals surface area contributed by atoms with E-state index in [2.05, 4.69) is 0 Å². The highest BCUT2D eigenvalue weighted by molar-refractivity contribution is 7.12. The van der Waals surface area contributed by atoms with E-state index in [0.717, 1.165) is 36.4 Å². The summed E-state index contributed by atoms with van der Waals surface area (Å²) in [4.78, 5) is 14.6. The normalized spacial score (nSPS) is 16.2. The lowest BCUT2D eigenvalue weighted by Crippen LogP contribution is -2.26. The van der Waals surface area contributed by atoms with Gasteiger partial charge in [-0.1, -0.05) is 0 Å². The molecule has 2 heterocycles.